The number of hydrogen-bond acceptors (Lipinski definition) is 6. The van der Waals surface area contributed by atoms with Crippen molar-refractivity contribution >= 4 is 31.1 Å². The number of ether oxygens (including phenoxy) is 1. The summed E-state index contributed by atoms with van der Waals surface area (Å²) in [5.41, 5.74) is 1.07. The van der Waals surface area contributed by atoms with Crippen LogP contribution < -0.4 is 10.2 Å². The zero-order valence-corrected chi connectivity index (χ0v) is 20.1. The first-order valence-corrected chi connectivity index (χ1v) is 14.7. The molecule has 33 heavy (non-hydrogen) atoms. The Morgan fingerprint density at radius 3 is 2.85 bits per heavy atom. The van der Waals surface area contributed by atoms with E-state index in [1.54, 1.807) is 28.0 Å². The molecule has 1 saturated heterocycles. The lowest BCUT2D eigenvalue weighted by atomic mass is 10.1. The zero-order valence-electron chi connectivity index (χ0n) is 19.1. The van der Waals surface area contributed by atoms with E-state index in [4.69, 9.17) is 4.74 Å². The first kappa shape index (κ1) is 23.3. The molecule has 1 fully saturated rings. The Morgan fingerprint density at radius 1 is 1.27 bits per heavy atom. The van der Waals surface area contributed by atoms with Crippen LogP contribution in [-0.4, -0.2) is 70.2 Å². The van der Waals surface area contributed by atoms with Gasteiger partial charge in [-0.25, -0.2) is 23.0 Å². The third-order valence-corrected chi connectivity index (χ3v) is 6.33. The van der Waals surface area contributed by atoms with Gasteiger partial charge in [-0.3, -0.25) is 4.79 Å². The lowest BCUT2D eigenvalue weighted by Crippen LogP contribution is -2.44. The number of piperidine rings is 1. The van der Waals surface area contributed by atoms with E-state index in [0.29, 0.717) is 49.5 Å². The molecule has 0 atom stereocenters. The molecule has 1 N–H and O–H groups in total. The number of anilines is 2. The number of carbonyl (C=O) groups excluding carboxylic acids is 1. The largest absolute Gasteiger partial charge is 0.383 e. The molecule has 178 valence electrons. The Balaban J connectivity index is 1.57. The van der Waals surface area contributed by atoms with Crippen LogP contribution in [-0.2, 0) is 11.3 Å². The highest BCUT2D eigenvalue weighted by molar-refractivity contribution is 6.76. The van der Waals surface area contributed by atoms with Crippen LogP contribution >= 0.6 is 0 Å². The molecule has 12 heteroatoms. The smallest absolute Gasteiger partial charge is 0.265 e. The number of rotatable bonds is 8. The van der Waals surface area contributed by atoms with Crippen LogP contribution in [0.25, 0.3) is 5.65 Å². The molecule has 0 aliphatic carbocycles. The molecule has 4 rings (SSSR count). The molecule has 1 aliphatic heterocycles. The molecule has 4 heterocycles. The summed E-state index contributed by atoms with van der Waals surface area (Å²) in [6.45, 7) is 7.49. The first-order valence-electron chi connectivity index (χ1n) is 11.0. The lowest BCUT2D eigenvalue weighted by molar-refractivity contribution is -0.0120. The minimum atomic E-state index is -2.80. The summed E-state index contributed by atoms with van der Waals surface area (Å²) in [6, 6.07) is 1.71. The SMILES string of the molecule is C[Si](C)(C)COCCn1ncc(NC(=O)c2cnn3cccnc23)c1N1CCCC(F)(F)C1. The second-order valence-electron chi connectivity index (χ2n) is 9.50. The summed E-state index contributed by atoms with van der Waals surface area (Å²) in [5.74, 6) is -2.76. The number of alkyl halides is 2. The average molecular weight is 478 g/mol. The van der Waals surface area contributed by atoms with Crippen molar-refractivity contribution < 1.29 is 18.3 Å². The molecule has 9 nitrogen and oxygen atoms in total. The maximum Gasteiger partial charge on any atom is 0.265 e. The van der Waals surface area contributed by atoms with Crippen molar-refractivity contribution in [3.05, 3.63) is 36.4 Å². The number of nitrogens with zero attached hydrogens (tertiary/aromatic N) is 6. The fourth-order valence-corrected chi connectivity index (χ4v) is 4.57. The van der Waals surface area contributed by atoms with Gasteiger partial charge >= 0.3 is 0 Å². The number of nitrogens with one attached hydrogen (secondary N) is 1. The Bertz CT molecular complexity index is 1130. The van der Waals surface area contributed by atoms with E-state index in [9.17, 15) is 13.6 Å². The number of hydrogen-bond donors (Lipinski definition) is 1. The van der Waals surface area contributed by atoms with Gasteiger partial charge in [0.25, 0.3) is 11.8 Å². The van der Waals surface area contributed by atoms with Gasteiger partial charge in [0.15, 0.2) is 11.5 Å². The van der Waals surface area contributed by atoms with Gasteiger partial charge in [0, 0.05) is 31.6 Å². The van der Waals surface area contributed by atoms with Crippen molar-refractivity contribution in [2.24, 2.45) is 0 Å². The van der Waals surface area contributed by atoms with Gasteiger partial charge in [0.2, 0.25) is 0 Å². The molecule has 0 spiro atoms. The molecule has 1 amide bonds. The highest BCUT2D eigenvalue weighted by Crippen LogP contribution is 2.34. The third kappa shape index (κ3) is 5.56. The number of aromatic nitrogens is 5. The highest BCUT2D eigenvalue weighted by Gasteiger charge is 2.37. The van der Waals surface area contributed by atoms with Gasteiger partial charge in [-0.15, -0.1) is 0 Å². The number of fused-ring (bicyclic) bond motifs is 1. The average Bonchev–Trinajstić information content (AvgIpc) is 3.34. The summed E-state index contributed by atoms with van der Waals surface area (Å²) in [6.07, 6.45) is 7.12. The van der Waals surface area contributed by atoms with E-state index in [1.165, 1.54) is 16.9 Å². The van der Waals surface area contributed by atoms with E-state index in [2.05, 4.69) is 40.1 Å². The van der Waals surface area contributed by atoms with Crippen LogP contribution in [0.5, 0.6) is 0 Å². The summed E-state index contributed by atoms with van der Waals surface area (Å²) < 4.78 is 37.4. The van der Waals surface area contributed by atoms with E-state index in [-0.39, 0.29) is 12.0 Å². The van der Waals surface area contributed by atoms with Crippen LogP contribution in [0.2, 0.25) is 19.6 Å². The Labute approximate surface area is 191 Å². The van der Waals surface area contributed by atoms with Crippen LogP contribution in [0.4, 0.5) is 20.3 Å². The summed E-state index contributed by atoms with van der Waals surface area (Å²) in [5, 5.41) is 11.3. The Morgan fingerprint density at radius 2 is 2.09 bits per heavy atom. The normalized spacial score (nSPS) is 16.3. The lowest BCUT2D eigenvalue weighted by Gasteiger charge is -2.34. The monoisotopic (exact) mass is 477 g/mol. The van der Waals surface area contributed by atoms with Crippen LogP contribution in [0.1, 0.15) is 23.2 Å². The fourth-order valence-electron chi connectivity index (χ4n) is 3.82. The van der Waals surface area contributed by atoms with Crippen LogP contribution in [0.15, 0.2) is 30.9 Å². The minimum Gasteiger partial charge on any atom is -0.383 e. The molecule has 3 aromatic rings. The van der Waals surface area contributed by atoms with Crippen LogP contribution in [0, 0.1) is 0 Å². The maximum atomic E-state index is 14.2. The summed E-state index contributed by atoms with van der Waals surface area (Å²) >= 11 is 0. The highest BCUT2D eigenvalue weighted by atomic mass is 28.3. The standard InChI is InChI=1S/C21H29F2N7O2Si/c1-33(2,3)15-32-11-10-30-20(28-8-4-6-21(22,23)14-28)17(13-26-30)27-19(31)16-12-25-29-9-5-7-24-18(16)29/h5,7,9,12-13H,4,6,8,10-11,14-15H2,1-3H3,(H,27,31). The van der Waals surface area contributed by atoms with Gasteiger partial charge in [0.1, 0.15) is 11.3 Å². The number of carbonyl (C=O) groups is 1. The van der Waals surface area contributed by atoms with E-state index in [0.717, 1.165) is 0 Å². The quantitative estimate of drug-likeness (QED) is 0.396. The second kappa shape index (κ2) is 9.18. The maximum absolute atomic E-state index is 14.2. The third-order valence-electron chi connectivity index (χ3n) is 5.26. The van der Waals surface area contributed by atoms with E-state index < -0.39 is 26.4 Å². The molecular formula is C21H29F2N7O2Si. The van der Waals surface area contributed by atoms with Gasteiger partial charge in [-0.05, 0) is 12.5 Å². The minimum absolute atomic E-state index is 0.146. The molecule has 1 aliphatic rings. The summed E-state index contributed by atoms with van der Waals surface area (Å²) in [4.78, 5) is 18.8. The van der Waals surface area contributed by atoms with Crippen molar-refractivity contribution in [1.29, 1.82) is 0 Å². The number of amides is 1. The molecule has 0 aromatic carbocycles. The second-order valence-corrected chi connectivity index (χ2v) is 14.9. The molecule has 0 unspecified atom stereocenters. The topological polar surface area (TPSA) is 89.6 Å². The Hall–Kier alpha value is -2.86. The van der Waals surface area contributed by atoms with Crippen molar-refractivity contribution in [1.82, 2.24) is 24.4 Å². The van der Waals surface area contributed by atoms with Crippen molar-refractivity contribution in [2.45, 2.75) is 44.9 Å². The first-order chi connectivity index (χ1) is 15.6. The van der Waals surface area contributed by atoms with Gasteiger partial charge in [-0.2, -0.15) is 10.2 Å². The molecule has 0 bridgehead atoms. The van der Waals surface area contributed by atoms with Gasteiger partial charge < -0.3 is 15.0 Å². The number of halogens is 2. The van der Waals surface area contributed by atoms with Gasteiger partial charge in [0.05, 0.1) is 40.2 Å². The Kier molecular flexibility index (Phi) is 6.48. The van der Waals surface area contributed by atoms with E-state index in [1.807, 2.05) is 0 Å². The van der Waals surface area contributed by atoms with E-state index >= 15 is 0 Å². The fraction of sp³-hybridized carbons (Fsp3) is 0.524. The molecule has 0 radical (unpaired) electrons. The predicted octanol–water partition coefficient (Wildman–Crippen LogP) is 3.31. The van der Waals surface area contributed by atoms with Crippen molar-refractivity contribution in [3.63, 3.8) is 0 Å². The molecular weight excluding hydrogens is 448 g/mol. The molecule has 3 aromatic heterocycles. The summed E-state index contributed by atoms with van der Waals surface area (Å²) in [7, 11) is -1.36. The predicted molar refractivity (Wildman–Crippen MR) is 124 cm³/mol. The zero-order chi connectivity index (χ0) is 23.6. The van der Waals surface area contributed by atoms with Gasteiger partial charge in [-0.1, -0.05) is 19.6 Å². The van der Waals surface area contributed by atoms with Crippen molar-refractivity contribution in [2.75, 3.05) is 36.1 Å². The molecule has 0 saturated carbocycles. The van der Waals surface area contributed by atoms with Crippen LogP contribution in [0.3, 0.4) is 0 Å². The van der Waals surface area contributed by atoms with Crippen molar-refractivity contribution in [3.8, 4) is 0 Å².